The van der Waals surface area contributed by atoms with Gasteiger partial charge in [-0.05, 0) is 40.0 Å². The van der Waals surface area contributed by atoms with Crippen molar-refractivity contribution in [1.82, 2.24) is 9.78 Å². The predicted molar refractivity (Wildman–Crippen MR) is 64.7 cm³/mol. The van der Waals surface area contributed by atoms with E-state index in [1.54, 1.807) is 0 Å². The highest BCUT2D eigenvalue weighted by Crippen LogP contribution is 2.52. The van der Waals surface area contributed by atoms with Crippen molar-refractivity contribution in [3.05, 3.63) is 16.4 Å². The van der Waals surface area contributed by atoms with Crippen molar-refractivity contribution < 1.29 is 5.11 Å². The maximum atomic E-state index is 9.79. The van der Waals surface area contributed by atoms with Crippen LogP contribution in [0, 0.1) is 12.3 Å². The lowest BCUT2D eigenvalue weighted by molar-refractivity contribution is 0.109. The Morgan fingerprint density at radius 3 is 2.62 bits per heavy atom. The summed E-state index contributed by atoms with van der Waals surface area (Å²) in [4.78, 5) is 0. The second-order valence-corrected chi connectivity index (χ2v) is 5.25. The molecule has 0 aromatic carbocycles. The van der Waals surface area contributed by atoms with Crippen molar-refractivity contribution in [3.63, 3.8) is 0 Å². The first-order valence-electron chi connectivity index (χ1n) is 5.90. The number of nitrogens with zero attached hydrogens (tertiary/aromatic N) is 2. The number of hydrogen-bond donors (Lipinski definition) is 1. The number of halogens is 1. The summed E-state index contributed by atoms with van der Waals surface area (Å²) in [7, 11) is 0. The Labute approximate surface area is 101 Å². The van der Waals surface area contributed by atoms with Gasteiger partial charge >= 0.3 is 0 Å². The number of hydrogen-bond acceptors (Lipinski definition) is 2. The zero-order valence-corrected chi connectivity index (χ0v) is 10.9. The zero-order valence-electron chi connectivity index (χ0n) is 10.1. The fourth-order valence-electron chi connectivity index (χ4n) is 2.27. The molecule has 1 atom stereocenters. The maximum Gasteiger partial charge on any atom is 0.0847 e. The van der Waals surface area contributed by atoms with Crippen LogP contribution >= 0.6 is 11.6 Å². The molecule has 1 aliphatic carbocycles. The minimum atomic E-state index is -0.260. The summed E-state index contributed by atoms with van der Waals surface area (Å²) in [6.07, 6.45) is 2.77. The van der Waals surface area contributed by atoms with Gasteiger partial charge in [0, 0.05) is 12.0 Å². The lowest BCUT2D eigenvalue weighted by Crippen LogP contribution is -2.22. The fraction of sp³-hybridized carbons (Fsp3) is 0.750. The molecular formula is C12H19ClN2O. The summed E-state index contributed by atoms with van der Waals surface area (Å²) < 4.78 is 1.96. The Morgan fingerprint density at radius 1 is 1.56 bits per heavy atom. The van der Waals surface area contributed by atoms with Crippen LogP contribution in [0.15, 0.2) is 0 Å². The lowest BCUT2D eigenvalue weighted by Gasteiger charge is -2.19. The van der Waals surface area contributed by atoms with Crippen molar-refractivity contribution in [2.24, 2.45) is 5.41 Å². The molecule has 2 rings (SSSR count). The van der Waals surface area contributed by atoms with Crippen molar-refractivity contribution in [1.29, 1.82) is 0 Å². The number of rotatable bonds is 4. The van der Waals surface area contributed by atoms with E-state index in [2.05, 4.69) is 12.0 Å². The van der Waals surface area contributed by atoms with Crippen molar-refractivity contribution in [2.75, 3.05) is 0 Å². The van der Waals surface area contributed by atoms with Gasteiger partial charge in [-0.2, -0.15) is 5.10 Å². The van der Waals surface area contributed by atoms with Gasteiger partial charge in [0.2, 0.25) is 0 Å². The molecule has 1 N–H and O–H groups in total. The highest BCUT2D eigenvalue weighted by molar-refractivity contribution is 6.31. The minimum absolute atomic E-state index is 0.0586. The molecule has 0 aliphatic heterocycles. The van der Waals surface area contributed by atoms with Crippen LogP contribution in [0.5, 0.6) is 0 Å². The second-order valence-electron chi connectivity index (χ2n) is 4.88. The molecule has 1 aromatic rings. The molecule has 0 radical (unpaired) electrons. The van der Waals surface area contributed by atoms with E-state index in [0.29, 0.717) is 0 Å². The normalized spacial score (nSPS) is 19.8. The van der Waals surface area contributed by atoms with Crippen LogP contribution < -0.4 is 0 Å². The zero-order chi connectivity index (χ0) is 11.9. The number of aliphatic hydroxyl groups excluding tert-OH is 1. The van der Waals surface area contributed by atoms with Gasteiger partial charge in [0.05, 0.1) is 22.5 Å². The molecule has 90 valence electrons. The first kappa shape index (κ1) is 11.9. The maximum absolute atomic E-state index is 9.79. The molecule has 16 heavy (non-hydrogen) atoms. The van der Waals surface area contributed by atoms with Crippen LogP contribution in [0.25, 0.3) is 0 Å². The van der Waals surface area contributed by atoms with Gasteiger partial charge < -0.3 is 5.11 Å². The third-order valence-corrected chi connectivity index (χ3v) is 4.24. The van der Waals surface area contributed by atoms with Gasteiger partial charge in [0.15, 0.2) is 0 Å². The molecule has 0 bridgehead atoms. The van der Waals surface area contributed by atoms with E-state index >= 15 is 0 Å². The Bertz CT molecular complexity index is 394. The molecule has 3 nitrogen and oxygen atoms in total. The van der Waals surface area contributed by atoms with Crippen molar-refractivity contribution >= 4 is 11.6 Å². The van der Waals surface area contributed by atoms with Gasteiger partial charge in [0.25, 0.3) is 0 Å². The first-order chi connectivity index (χ1) is 7.50. The fourth-order valence-corrected chi connectivity index (χ4v) is 2.48. The summed E-state index contributed by atoms with van der Waals surface area (Å²) in [6, 6.07) is 0. The molecule has 1 fully saturated rings. The van der Waals surface area contributed by atoms with E-state index in [1.165, 1.54) is 0 Å². The van der Waals surface area contributed by atoms with E-state index in [0.717, 1.165) is 42.2 Å². The van der Waals surface area contributed by atoms with Gasteiger partial charge in [-0.15, -0.1) is 0 Å². The van der Waals surface area contributed by atoms with Crippen molar-refractivity contribution in [3.8, 4) is 0 Å². The Morgan fingerprint density at radius 2 is 2.19 bits per heavy atom. The molecule has 4 heteroatoms. The molecular weight excluding hydrogens is 224 g/mol. The predicted octanol–water partition coefficient (Wildman–Crippen LogP) is 2.57. The topological polar surface area (TPSA) is 38.0 Å². The Hall–Kier alpha value is -0.540. The third kappa shape index (κ3) is 1.87. The Kier molecular flexibility index (Phi) is 3.01. The summed E-state index contributed by atoms with van der Waals surface area (Å²) >= 11 is 6.27. The van der Waals surface area contributed by atoms with Gasteiger partial charge in [-0.25, -0.2) is 0 Å². The molecule has 0 saturated heterocycles. The van der Waals surface area contributed by atoms with Crippen molar-refractivity contribution in [2.45, 2.75) is 52.7 Å². The molecule has 1 heterocycles. The average molecular weight is 243 g/mol. The molecule has 1 unspecified atom stereocenters. The third-order valence-electron chi connectivity index (χ3n) is 3.75. The van der Waals surface area contributed by atoms with Crippen LogP contribution in [-0.2, 0) is 13.0 Å². The van der Waals surface area contributed by atoms with Gasteiger partial charge in [0.1, 0.15) is 0 Å². The smallest absolute Gasteiger partial charge is 0.0847 e. The SMILES string of the molecule is CCn1nc(C)c(Cl)c1CC1(C(C)O)CC1. The summed E-state index contributed by atoms with van der Waals surface area (Å²) in [6.45, 7) is 6.70. The van der Waals surface area contributed by atoms with E-state index in [9.17, 15) is 5.11 Å². The van der Waals surface area contributed by atoms with Gasteiger partial charge in [-0.1, -0.05) is 11.6 Å². The van der Waals surface area contributed by atoms with E-state index in [-0.39, 0.29) is 11.5 Å². The quantitative estimate of drug-likeness (QED) is 0.881. The van der Waals surface area contributed by atoms with Crippen LogP contribution in [-0.4, -0.2) is 21.0 Å². The van der Waals surface area contributed by atoms with E-state index in [1.807, 2.05) is 18.5 Å². The minimum Gasteiger partial charge on any atom is -0.393 e. The van der Waals surface area contributed by atoms with E-state index in [4.69, 9.17) is 11.6 Å². The summed E-state index contributed by atoms with van der Waals surface area (Å²) in [5, 5.41) is 15.0. The van der Waals surface area contributed by atoms with Crippen LogP contribution in [0.4, 0.5) is 0 Å². The number of aryl methyl sites for hydroxylation is 2. The lowest BCUT2D eigenvalue weighted by atomic mass is 9.94. The van der Waals surface area contributed by atoms with Crippen LogP contribution in [0.2, 0.25) is 5.02 Å². The monoisotopic (exact) mass is 242 g/mol. The number of aliphatic hydroxyl groups is 1. The molecule has 1 aliphatic rings. The molecule has 1 aromatic heterocycles. The average Bonchev–Trinajstić information content (AvgIpc) is 2.97. The Balaban J connectivity index is 2.27. The largest absolute Gasteiger partial charge is 0.393 e. The summed E-state index contributed by atoms with van der Waals surface area (Å²) in [5.74, 6) is 0. The van der Waals surface area contributed by atoms with Crippen LogP contribution in [0.3, 0.4) is 0 Å². The first-order valence-corrected chi connectivity index (χ1v) is 6.28. The second kappa shape index (κ2) is 4.04. The standard InChI is InChI=1S/C12H19ClN2O/c1-4-15-10(11(13)8(2)14-15)7-12(5-6-12)9(3)16/h9,16H,4-7H2,1-3H3. The number of aromatic nitrogens is 2. The molecule has 0 amide bonds. The molecule has 0 spiro atoms. The van der Waals surface area contributed by atoms with Crippen LogP contribution in [0.1, 0.15) is 38.1 Å². The van der Waals surface area contributed by atoms with E-state index < -0.39 is 0 Å². The van der Waals surface area contributed by atoms with Gasteiger partial charge in [-0.3, -0.25) is 4.68 Å². The highest BCUT2D eigenvalue weighted by Gasteiger charge is 2.47. The summed E-state index contributed by atoms with van der Waals surface area (Å²) in [5.41, 5.74) is 2.03. The molecule has 1 saturated carbocycles. The highest BCUT2D eigenvalue weighted by atomic mass is 35.5.